The summed E-state index contributed by atoms with van der Waals surface area (Å²) < 4.78 is 5.37. The fourth-order valence-corrected chi connectivity index (χ4v) is 3.88. The zero-order valence-corrected chi connectivity index (χ0v) is 21.8. The molecule has 200 valence electrons. The first-order valence-corrected chi connectivity index (χ1v) is 12.3. The number of benzene rings is 1. The van der Waals surface area contributed by atoms with E-state index < -0.39 is 18.1 Å². The first-order valence-electron chi connectivity index (χ1n) is 12.3. The number of carboxylic acids is 1. The van der Waals surface area contributed by atoms with E-state index in [1.54, 1.807) is 30.5 Å². The van der Waals surface area contributed by atoms with E-state index in [0.717, 1.165) is 6.42 Å². The normalized spacial score (nSPS) is 12.9. The lowest BCUT2D eigenvalue weighted by Crippen LogP contribution is -2.35. The van der Waals surface area contributed by atoms with E-state index in [4.69, 9.17) is 11.2 Å². The van der Waals surface area contributed by atoms with Crippen LogP contribution in [-0.4, -0.2) is 70.2 Å². The van der Waals surface area contributed by atoms with E-state index in [2.05, 4.69) is 21.2 Å². The van der Waals surface area contributed by atoms with Crippen LogP contribution >= 0.6 is 0 Å². The van der Waals surface area contributed by atoms with Crippen LogP contribution in [0.2, 0.25) is 0 Å². The van der Waals surface area contributed by atoms with Gasteiger partial charge in [0.15, 0.2) is 5.82 Å². The number of aromatic nitrogens is 2. The van der Waals surface area contributed by atoms with Gasteiger partial charge < -0.3 is 20.1 Å². The first kappa shape index (κ1) is 28.0. The number of hydrogen-bond donors (Lipinski definition) is 2. The van der Waals surface area contributed by atoms with Crippen LogP contribution in [0.1, 0.15) is 32.8 Å². The van der Waals surface area contributed by atoms with Crippen molar-refractivity contribution in [2.24, 2.45) is 0 Å². The third kappa shape index (κ3) is 7.00. The molecule has 0 spiro atoms. The molecule has 0 aliphatic carbocycles. The molecule has 1 atom stereocenters. The van der Waals surface area contributed by atoms with Crippen LogP contribution in [0.5, 0.6) is 5.75 Å². The highest BCUT2D eigenvalue weighted by Gasteiger charge is 2.25. The van der Waals surface area contributed by atoms with Crippen molar-refractivity contribution < 1.29 is 24.2 Å². The third-order valence-corrected chi connectivity index (χ3v) is 5.96. The Kier molecular flexibility index (Phi) is 9.65. The zero-order valence-electron chi connectivity index (χ0n) is 21.8. The monoisotopic (exact) mass is 520 g/mol. The summed E-state index contributed by atoms with van der Waals surface area (Å²) in [5, 5.41) is 13.0. The lowest BCUT2D eigenvalue weighted by molar-refractivity contribution is -0.137. The van der Waals surface area contributed by atoms with Gasteiger partial charge in [-0.1, -0.05) is 24.1 Å². The van der Waals surface area contributed by atoms with Crippen molar-refractivity contribution in [1.29, 1.82) is 0 Å². The summed E-state index contributed by atoms with van der Waals surface area (Å²) in [7, 11) is 0. The second-order valence-corrected chi connectivity index (χ2v) is 8.50. The lowest BCUT2D eigenvalue weighted by atomic mass is 10.1. The minimum Gasteiger partial charge on any atom is -0.480 e. The van der Waals surface area contributed by atoms with Crippen LogP contribution in [0.3, 0.4) is 0 Å². The number of carboxylic acid groups (broad SMARTS) is 1. The summed E-state index contributed by atoms with van der Waals surface area (Å²) in [5.74, 6) is 1.94. The molecule has 2 aromatic rings. The molecule has 1 aromatic carbocycles. The highest BCUT2D eigenvalue weighted by Crippen LogP contribution is 2.27. The molecule has 1 aliphatic rings. The van der Waals surface area contributed by atoms with Crippen molar-refractivity contribution in [2.45, 2.75) is 39.7 Å². The molecule has 0 saturated carbocycles. The molecular formula is C27H32N6O5. The number of nitrogens with one attached hydrogen (secondary N) is 1. The van der Waals surface area contributed by atoms with E-state index >= 15 is 0 Å². The largest absolute Gasteiger partial charge is 0.480 e. The molecule has 1 aromatic heterocycles. The smallest absolute Gasteiger partial charge is 0.419 e. The predicted molar refractivity (Wildman–Crippen MR) is 144 cm³/mol. The molecule has 1 unspecified atom stereocenters. The standard InChI is InChI=1S/C27H32N6O5/c1-5-14-33(19(4)34)23-18-28-26(31(6-2)7-3)30-24(23)29-22(25(35)36)17-20-10-12-21(13-11-20)38-27(37)32-15-8-9-16-32/h1,8,10-13,15,18,22H,6-7,9,14,16-17H2,2-4H3,(H,35,36)(H,28,29,30). The fourth-order valence-electron chi connectivity index (χ4n) is 3.88. The van der Waals surface area contributed by atoms with Crippen LogP contribution in [0.4, 0.5) is 22.2 Å². The zero-order chi connectivity index (χ0) is 27.7. The number of amides is 2. The minimum absolute atomic E-state index is 0.0247. The molecule has 1 aliphatic heterocycles. The van der Waals surface area contributed by atoms with Gasteiger partial charge in [0.25, 0.3) is 0 Å². The number of carbonyl (C=O) groups is 3. The Morgan fingerprint density at radius 1 is 1.24 bits per heavy atom. The van der Waals surface area contributed by atoms with E-state index in [1.807, 2.05) is 24.8 Å². The highest BCUT2D eigenvalue weighted by atomic mass is 16.6. The Labute approximate surface area is 222 Å². The Bertz CT molecular complexity index is 1220. The molecule has 0 saturated heterocycles. The molecule has 0 bridgehead atoms. The SMILES string of the molecule is C#CCN(C(C)=O)c1cnc(N(CC)CC)nc1NC(Cc1ccc(OC(=O)N2C=CCC2)cc1)C(=O)O. The number of terminal acetylenes is 1. The van der Waals surface area contributed by atoms with E-state index in [1.165, 1.54) is 22.9 Å². The molecule has 2 N–H and O–H groups in total. The number of hydrogen-bond acceptors (Lipinski definition) is 8. The van der Waals surface area contributed by atoms with Gasteiger partial charge in [0, 0.05) is 39.2 Å². The van der Waals surface area contributed by atoms with Gasteiger partial charge in [0.2, 0.25) is 11.9 Å². The molecule has 3 rings (SSSR count). The Morgan fingerprint density at radius 2 is 1.95 bits per heavy atom. The van der Waals surface area contributed by atoms with Crippen LogP contribution in [0, 0.1) is 12.3 Å². The maximum Gasteiger partial charge on any atom is 0.419 e. The van der Waals surface area contributed by atoms with Gasteiger partial charge >= 0.3 is 12.1 Å². The Hall–Kier alpha value is -4.59. The number of anilines is 3. The molecular weight excluding hydrogens is 488 g/mol. The van der Waals surface area contributed by atoms with Crippen LogP contribution < -0.4 is 19.9 Å². The van der Waals surface area contributed by atoms with Gasteiger partial charge in [-0.25, -0.2) is 14.6 Å². The summed E-state index contributed by atoms with van der Waals surface area (Å²) in [4.78, 5) is 50.3. The van der Waals surface area contributed by atoms with Crippen molar-refractivity contribution in [2.75, 3.05) is 41.3 Å². The highest BCUT2D eigenvalue weighted by molar-refractivity contribution is 5.95. The Balaban J connectivity index is 1.84. The van der Waals surface area contributed by atoms with Crippen molar-refractivity contribution >= 4 is 35.4 Å². The average molecular weight is 521 g/mol. The van der Waals surface area contributed by atoms with E-state index in [0.29, 0.717) is 36.9 Å². The molecule has 2 heterocycles. The predicted octanol–water partition coefficient (Wildman–Crippen LogP) is 3.13. The summed E-state index contributed by atoms with van der Waals surface area (Å²) in [5.41, 5.74) is 0.980. The van der Waals surface area contributed by atoms with Crippen molar-refractivity contribution in [3.05, 3.63) is 48.3 Å². The van der Waals surface area contributed by atoms with Crippen molar-refractivity contribution in [3.8, 4) is 18.1 Å². The number of ether oxygens (including phenoxy) is 1. The van der Waals surface area contributed by atoms with Crippen molar-refractivity contribution in [3.63, 3.8) is 0 Å². The van der Waals surface area contributed by atoms with Crippen LogP contribution in [-0.2, 0) is 16.0 Å². The van der Waals surface area contributed by atoms with E-state index in [9.17, 15) is 19.5 Å². The maximum absolute atomic E-state index is 12.3. The third-order valence-electron chi connectivity index (χ3n) is 5.96. The first-order chi connectivity index (χ1) is 18.3. The fraction of sp³-hybridized carbons (Fsp3) is 0.370. The Morgan fingerprint density at radius 3 is 2.50 bits per heavy atom. The topological polar surface area (TPSA) is 128 Å². The quantitative estimate of drug-likeness (QED) is 0.430. The average Bonchev–Trinajstić information content (AvgIpc) is 3.44. The number of aliphatic carboxylic acids is 1. The van der Waals surface area contributed by atoms with Gasteiger partial charge in [-0.3, -0.25) is 14.6 Å². The molecule has 38 heavy (non-hydrogen) atoms. The van der Waals surface area contributed by atoms with Gasteiger partial charge in [0.1, 0.15) is 17.5 Å². The summed E-state index contributed by atoms with van der Waals surface area (Å²) in [6.07, 6.45) is 10.9. The summed E-state index contributed by atoms with van der Waals surface area (Å²) in [6, 6.07) is 5.54. The molecule has 0 fully saturated rings. The molecule has 0 radical (unpaired) electrons. The van der Waals surface area contributed by atoms with Crippen molar-refractivity contribution in [1.82, 2.24) is 14.9 Å². The second-order valence-electron chi connectivity index (χ2n) is 8.50. The van der Waals surface area contributed by atoms with E-state index in [-0.39, 0.29) is 30.4 Å². The van der Waals surface area contributed by atoms with Crippen LogP contribution in [0.25, 0.3) is 0 Å². The second kappa shape index (κ2) is 13.1. The molecule has 11 nitrogen and oxygen atoms in total. The number of rotatable bonds is 11. The van der Waals surface area contributed by atoms with Gasteiger partial charge in [-0.2, -0.15) is 4.98 Å². The summed E-state index contributed by atoms with van der Waals surface area (Å²) >= 11 is 0. The summed E-state index contributed by atoms with van der Waals surface area (Å²) in [6.45, 7) is 7.11. The van der Waals surface area contributed by atoms with Crippen LogP contribution in [0.15, 0.2) is 42.7 Å². The minimum atomic E-state index is -1.11. The van der Waals surface area contributed by atoms with Gasteiger partial charge in [-0.05, 0) is 38.0 Å². The number of carbonyl (C=O) groups excluding carboxylic acids is 2. The maximum atomic E-state index is 12.3. The van der Waals surface area contributed by atoms with Gasteiger partial charge in [-0.15, -0.1) is 6.42 Å². The molecule has 2 amide bonds. The molecule has 11 heteroatoms. The van der Waals surface area contributed by atoms with Gasteiger partial charge in [0.05, 0.1) is 12.7 Å². The lowest BCUT2D eigenvalue weighted by Gasteiger charge is -2.26. The number of nitrogens with zero attached hydrogens (tertiary/aromatic N) is 5.